The molecule has 0 heterocycles. The summed E-state index contributed by atoms with van der Waals surface area (Å²) in [5, 5.41) is 4.32. The number of amides is 2. The lowest BCUT2D eigenvalue weighted by Crippen LogP contribution is -2.50. The van der Waals surface area contributed by atoms with E-state index in [0.29, 0.717) is 39.3 Å². The first kappa shape index (κ1) is 24.6. The van der Waals surface area contributed by atoms with Crippen LogP contribution < -0.4 is 10.1 Å². The number of hydrogen-bond acceptors (Lipinski definition) is 3. The van der Waals surface area contributed by atoms with Crippen molar-refractivity contribution in [3.63, 3.8) is 0 Å². The van der Waals surface area contributed by atoms with Gasteiger partial charge in [0.25, 0.3) is 5.91 Å². The molecule has 1 N–H and O–H groups in total. The maximum absolute atomic E-state index is 13.1. The van der Waals surface area contributed by atoms with E-state index in [-0.39, 0.29) is 24.1 Å². The Labute approximate surface area is 196 Å². The van der Waals surface area contributed by atoms with Crippen LogP contribution in [0.5, 0.6) is 5.75 Å². The number of ether oxygens (including phenoxy) is 1. The van der Waals surface area contributed by atoms with Gasteiger partial charge in [0.05, 0.1) is 5.02 Å². The fraction of sp³-hybridized carbons (Fsp3) is 0.333. The normalized spacial score (nSPS) is 11.7. The molecule has 2 rings (SSSR count). The number of benzene rings is 2. The van der Waals surface area contributed by atoms with Gasteiger partial charge in [0, 0.05) is 33.7 Å². The first-order valence-corrected chi connectivity index (χ1v) is 10.9. The molecule has 0 aliphatic carbocycles. The monoisotopic (exact) mass is 490 g/mol. The van der Waals surface area contributed by atoms with Crippen molar-refractivity contribution in [1.29, 1.82) is 0 Å². The summed E-state index contributed by atoms with van der Waals surface area (Å²) in [6.45, 7) is 3.82. The summed E-state index contributed by atoms with van der Waals surface area (Å²) in [5.41, 5.74) is 0.557. The van der Waals surface area contributed by atoms with Crippen molar-refractivity contribution in [2.24, 2.45) is 0 Å². The van der Waals surface area contributed by atoms with E-state index in [1.54, 1.807) is 30.3 Å². The van der Waals surface area contributed by atoms with Gasteiger partial charge in [0.2, 0.25) is 5.91 Å². The SMILES string of the molecule is CCNC(=O)[C@H](CC)N(Cc1c(Cl)cccc1Cl)C(=O)COc1ccc(Cl)cc1Cl. The van der Waals surface area contributed by atoms with Gasteiger partial charge in [-0.05, 0) is 43.7 Å². The van der Waals surface area contributed by atoms with Crippen LogP contribution in [0.3, 0.4) is 0 Å². The first-order valence-electron chi connectivity index (χ1n) is 9.36. The number of hydrogen-bond donors (Lipinski definition) is 1. The van der Waals surface area contributed by atoms with Crippen LogP contribution in [-0.2, 0) is 16.1 Å². The van der Waals surface area contributed by atoms with Gasteiger partial charge in [-0.1, -0.05) is 59.4 Å². The van der Waals surface area contributed by atoms with E-state index < -0.39 is 11.9 Å². The van der Waals surface area contributed by atoms with Crippen LogP contribution in [0.4, 0.5) is 0 Å². The maximum Gasteiger partial charge on any atom is 0.261 e. The van der Waals surface area contributed by atoms with Gasteiger partial charge in [0.1, 0.15) is 11.8 Å². The predicted octanol–water partition coefficient (Wildman–Crippen LogP) is 5.62. The molecule has 0 bridgehead atoms. The average Bonchev–Trinajstić information content (AvgIpc) is 2.69. The molecule has 9 heteroatoms. The highest BCUT2D eigenvalue weighted by atomic mass is 35.5. The van der Waals surface area contributed by atoms with E-state index in [1.807, 2.05) is 13.8 Å². The van der Waals surface area contributed by atoms with E-state index in [2.05, 4.69) is 5.32 Å². The summed E-state index contributed by atoms with van der Waals surface area (Å²) in [4.78, 5) is 27.1. The van der Waals surface area contributed by atoms with E-state index >= 15 is 0 Å². The maximum atomic E-state index is 13.1. The average molecular weight is 492 g/mol. The molecule has 5 nitrogen and oxygen atoms in total. The van der Waals surface area contributed by atoms with Crippen molar-refractivity contribution in [3.05, 3.63) is 62.1 Å². The van der Waals surface area contributed by atoms with Gasteiger partial charge >= 0.3 is 0 Å². The van der Waals surface area contributed by atoms with Gasteiger partial charge in [-0.25, -0.2) is 0 Å². The molecule has 30 heavy (non-hydrogen) atoms. The minimum absolute atomic E-state index is 0.0602. The van der Waals surface area contributed by atoms with Crippen LogP contribution in [0, 0.1) is 0 Å². The zero-order chi connectivity index (χ0) is 22.3. The fourth-order valence-corrected chi connectivity index (χ4v) is 3.86. The smallest absolute Gasteiger partial charge is 0.261 e. The van der Waals surface area contributed by atoms with Crippen LogP contribution in [-0.4, -0.2) is 35.9 Å². The molecule has 0 aliphatic heterocycles. The minimum atomic E-state index is -0.714. The Bertz CT molecular complexity index is 888. The van der Waals surface area contributed by atoms with E-state index in [9.17, 15) is 9.59 Å². The minimum Gasteiger partial charge on any atom is -0.482 e. The molecule has 0 unspecified atom stereocenters. The third-order valence-electron chi connectivity index (χ3n) is 4.37. The molecule has 2 amide bonds. The van der Waals surface area contributed by atoms with Crippen molar-refractivity contribution in [3.8, 4) is 5.75 Å². The number of likely N-dealkylation sites (N-methyl/N-ethyl adjacent to an activating group) is 1. The number of nitrogens with zero attached hydrogens (tertiary/aromatic N) is 1. The summed E-state index contributed by atoms with van der Waals surface area (Å²) in [6, 6.07) is 9.08. The van der Waals surface area contributed by atoms with Crippen molar-refractivity contribution >= 4 is 58.2 Å². The number of carbonyl (C=O) groups excluding carboxylic acids is 2. The molecule has 2 aromatic rings. The van der Waals surface area contributed by atoms with Gasteiger partial charge in [-0.15, -0.1) is 0 Å². The Kier molecular flexibility index (Phi) is 9.56. The lowest BCUT2D eigenvalue weighted by atomic mass is 10.1. The predicted molar refractivity (Wildman–Crippen MR) is 122 cm³/mol. The highest BCUT2D eigenvalue weighted by Gasteiger charge is 2.29. The van der Waals surface area contributed by atoms with E-state index in [4.69, 9.17) is 51.1 Å². The summed E-state index contributed by atoms with van der Waals surface area (Å²) in [7, 11) is 0. The van der Waals surface area contributed by atoms with Gasteiger partial charge in [-0.2, -0.15) is 0 Å². The van der Waals surface area contributed by atoms with Crippen molar-refractivity contribution in [2.75, 3.05) is 13.2 Å². The van der Waals surface area contributed by atoms with Gasteiger partial charge < -0.3 is 15.0 Å². The second kappa shape index (κ2) is 11.7. The Morgan fingerprint density at radius 3 is 2.27 bits per heavy atom. The van der Waals surface area contributed by atoms with Gasteiger partial charge in [0.15, 0.2) is 6.61 Å². The van der Waals surface area contributed by atoms with Crippen molar-refractivity contribution < 1.29 is 14.3 Å². The third kappa shape index (κ3) is 6.42. The third-order valence-corrected chi connectivity index (χ3v) is 5.61. The molecule has 0 saturated heterocycles. The molecule has 0 radical (unpaired) electrons. The summed E-state index contributed by atoms with van der Waals surface area (Å²) >= 11 is 24.6. The first-order chi connectivity index (χ1) is 14.3. The molecule has 0 saturated carbocycles. The molecular weight excluding hydrogens is 470 g/mol. The molecule has 2 aromatic carbocycles. The Balaban J connectivity index is 2.28. The van der Waals surface area contributed by atoms with Crippen LogP contribution >= 0.6 is 46.4 Å². The van der Waals surface area contributed by atoms with Crippen LogP contribution in [0.15, 0.2) is 36.4 Å². The van der Waals surface area contributed by atoms with E-state index in [1.165, 1.54) is 11.0 Å². The zero-order valence-corrected chi connectivity index (χ0v) is 19.6. The highest BCUT2D eigenvalue weighted by molar-refractivity contribution is 6.36. The van der Waals surface area contributed by atoms with E-state index in [0.717, 1.165) is 0 Å². The van der Waals surface area contributed by atoms with Crippen LogP contribution in [0.25, 0.3) is 0 Å². The molecule has 0 spiro atoms. The summed E-state index contributed by atoms with van der Waals surface area (Å²) < 4.78 is 5.59. The number of nitrogens with one attached hydrogen (secondary N) is 1. The van der Waals surface area contributed by atoms with Crippen molar-refractivity contribution in [2.45, 2.75) is 32.9 Å². The topological polar surface area (TPSA) is 58.6 Å². The summed E-state index contributed by atoms with van der Waals surface area (Å²) in [5.74, 6) is -0.354. The molecule has 0 aromatic heterocycles. The lowest BCUT2D eigenvalue weighted by molar-refractivity contribution is -0.142. The second-order valence-corrected chi connectivity index (χ2v) is 8.06. The van der Waals surface area contributed by atoms with Crippen LogP contribution in [0.2, 0.25) is 20.1 Å². The Morgan fingerprint density at radius 2 is 1.70 bits per heavy atom. The standard InChI is InChI=1S/C21H22Cl4N2O3/c1-3-18(21(29)26-4-2)27(11-14-15(23)6-5-7-16(14)24)20(28)12-30-19-9-8-13(22)10-17(19)25/h5-10,18H,3-4,11-12H2,1-2H3,(H,26,29)/t18-/m0/s1. The molecule has 0 aliphatic rings. The largest absolute Gasteiger partial charge is 0.482 e. The molecule has 0 fully saturated rings. The fourth-order valence-electron chi connectivity index (χ4n) is 2.88. The summed E-state index contributed by atoms with van der Waals surface area (Å²) in [6.07, 6.45) is 0.404. The number of halogens is 4. The molecular formula is C21H22Cl4N2O3. The lowest BCUT2D eigenvalue weighted by Gasteiger charge is -2.31. The Hall–Kier alpha value is -1.66. The number of carbonyl (C=O) groups is 2. The van der Waals surface area contributed by atoms with Crippen LogP contribution in [0.1, 0.15) is 25.8 Å². The quantitative estimate of drug-likeness (QED) is 0.495. The zero-order valence-electron chi connectivity index (χ0n) is 16.6. The molecule has 1 atom stereocenters. The second-order valence-electron chi connectivity index (χ2n) is 6.40. The van der Waals surface area contributed by atoms with Crippen molar-refractivity contribution in [1.82, 2.24) is 10.2 Å². The van der Waals surface area contributed by atoms with Gasteiger partial charge in [-0.3, -0.25) is 9.59 Å². The Morgan fingerprint density at radius 1 is 1.03 bits per heavy atom. The molecule has 162 valence electrons. The number of rotatable bonds is 9. The highest BCUT2D eigenvalue weighted by Crippen LogP contribution is 2.29.